The molecular weight excluding hydrogens is 351 g/mol. The van der Waals surface area contributed by atoms with Crippen LogP contribution in [0.3, 0.4) is 0 Å². The predicted molar refractivity (Wildman–Crippen MR) is 92.0 cm³/mol. The number of hydrogen-bond donors (Lipinski definition) is 6. The van der Waals surface area contributed by atoms with Crippen molar-refractivity contribution in [2.45, 2.75) is 13.3 Å². The van der Waals surface area contributed by atoms with Gasteiger partial charge in [0.05, 0.1) is 6.42 Å². The lowest BCUT2D eigenvalue weighted by molar-refractivity contribution is -0.119. The minimum Gasteiger partial charge on any atom is -0.465 e. The molecule has 10 heteroatoms. The summed E-state index contributed by atoms with van der Waals surface area (Å²) in [5.41, 5.74) is 9.56. The van der Waals surface area contributed by atoms with Crippen molar-refractivity contribution < 1.29 is 14.7 Å². The Morgan fingerprint density at radius 3 is 2.00 bits per heavy atom. The minimum atomic E-state index is -1.33. The Balaban J connectivity index is 0. The van der Waals surface area contributed by atoms with E-state index in [1.165, 1.54) is 0 Å². The lowest BCUT2D eigenvalue weighted by Gasteiger charge is -2.06. The fraction of sp³-hybridized carbons (Fsp3) is 0.250. The third kappa shape index (κ3) is 13.3. The number of thiol groups is 1. The molecule has 0 saturated carbocycles. The van der Waals surface area contributed by atoms with E-state index in [9.17, 15) is 4.79 Å². The van der Waals surface area contributed by atoms with E-state index in [0.717, 1.165) is 5.75 Å². The van der Waals surface area contributed by atoms with Gasteiger partial charge in [0, 0.05) is 10.0 Å². The predicted octanol–water partition coefficient (Wildman–Crippen LogP) is 2.10. The van der Waals surface area contributed by atoms with Crippen molar-refractivity contribution in [1.29, 1.82) is 5.41 Å². The van der Waals surface area contributed by atoms with Crippen molar-refractivity contribution in [2.24, 2.45) is 11.5 Å². The average molecular weight is 369 g/mol. The Hall–Kier alpha value is -1.64. The van der Waals surface area contributed by atoms with Gasteiger partial charge in [-0.1, -0.05) is 36.2 Å². The van der Waals surface area contributed by atoms with Crippen LogP contribution in [0.2, 0.25) is 10.0 Å². The van der Waals surface area contributed by atoms with Gasteiger partial charge < -0.3 is 16.6 Å². The number of hydrogen-bond acceptors (Lipinski definition) is 4. The molecule has 0 aliphatic rings. The molecule has 1 rings (SSSR count). The quantitative estimate of drug-likeness (QED) is 0.270. The molecule has 0 aromatic heterocycles. The van der Waals surface area contributed by atoms with Gasteiger partial charge in [0.1, 0.15) is 0 Å². The van der Waals surface area contributed by atoms with E-state index in [4.69, 9.17) is 44.2 Å². The number of carboxylic acid groups (broad SMARTS) is 1. The van der Waals surface area contributed by atoms with Gasteiger partial charge in [-0.2, -0.15) is 12.6 Å². The number of carbonyl (C=O) groups excluding carboxylic acids is 1. The fourth-order valence-corrected chi connectivity index (χ4v) is 1.59. The number of primary amides is 1. The second-order valence-electron chi connectivity index (χ2n) is 3.49. The van der Waals surface area contributed by atoms with E-state index in [2.05, 4.69) is 23.7 Å². The number of amides is 2. The van der Waals surface area contributed by atoms with Crippen LogP contribution in [0.15, 0.2) is 18.2 Å². The van der Waals surface area contributed by atoms with E-state index >= 15 is 0 Å². The lowest BCUT2D eigenvalue weighted by atomic mass is 10.1. The Bertz CT molecular complexity index is 491. The number of nitrogens with two attached hydrogens (primary N) is 2. The van der Waals surface area contributed by atoms with Gasteiger partial charge in [-0.15, -0.1) is 0 Å². The van der Waals surface area contributed by atoms with Gasteiger partial charge in [-0.3, -0.25) is 15.5 Å². The van der Waals surface area contributed by atoms with Crippen LogP contribution in [0.5, 0.6) is 0 Å². The molecule has 124 valence electrons. The van der Waals surface area contributed by atoms with Crippen LogP contribution < -0.4 is 16.8 Å². The zero-order valence-electron chi connectivity index (χ0n) is 11.8. The van der Waals surface area contributed by atoms with Gasteiger partial charge in [0.25, 0.3) is 0 Å². The molecule has 7 nitrogen and oxygen atoms in total. The molecule has 0 heterocycles. The molecule has 7 N–H and O–H groups in total. The lowest BCUT2D eigenvalue weighted by Crippen LogP contribution is -2.36. The van der Waals surface area contributed by atoms with Gasteiger partial charge >= 0.3 is 6.09 Å². The monoisotopic (exact) mass is 368 g/mol. The third-order valence-electron chi connectivity index (χ3n) is 1.67. The third-order valence-corrected chi connectivity index (χ3v) is 2.38. The first kappa shape index (κ1) is 22.6. The summed E-state index contributed by atoms with van der Waals surface area (Å²) in [6, 6.07) is 4.98. The zero-order chi connectivity index (χ0) is 17.7. The van der Waals surface area contributed by atoms with Crippen molar-refractivity contribution in [1.82, 2.24) is 5.32 Å². The molecule has 0 unspecified atom stereocenters. The highest BCUT2D eigenvalue weighted by Gasteiger charge is 2.10. The molecule has 0 saturated heterocycles. The first-order chi connectivity index (χ1) is 10.1. The minimum absolute atomic E-state index is 0.00190. The summed E-state index contributed by atoms with van der Waals surface area (Å²) in [6.07, 6.45) is -1.34. The van der Waals surface area contributed by atoms with Crippen LogP contribution in [-0.2, 0) is 11.2 Å². The summed E-state index contributed by atoms with van der Waals surface area (Å²) in [4.78, 5) is 20.1. The van der Waals surface area contributed by atoms with Crippen LogP contribution in [-0.4, -0.2) is 28.8 Å². The molecule has 0 fully saturated rings. The first-order valence-electron chi connectivity index (χ1n) is 5.81. The van der Waals surface area contributed by atoms with Gasteiger partial charge in [0.2, 0.25) is 5.91 Å². The van der Waals surface area contributed by atoms with Gasteiger partial charge in [0.15, 0.2) is 5.96 Å². The Morgan fingerprint density at radius 1 is 1.32 bits per heavy atom. The largest absolute Gasteiger partial charge is 0.465 e. The maximum Gasteiger partial charge on any atom is 0.402 e. The second-order valence-corrected chi connectivity index (χ2v) is 4.94. The number of nitrogens with one attached hydrogen (secondary N) is 2. The molecule has 22 heavy (non-hydrogen) atoms. The molecule has 0 bridgehead atoms. The second kappa shape index (κ2) is 13.1. The number of halogens is 2. The summed E-state index contributed by atoms with van der Waals surface area (Å²) in [7, 11) is 0. The molecule has 2 amide bonds. The Labute approximate surface area is 143 Å². The Kier molecular flexibility index (Phi) is 13.4. The van der Waals surface area contributed by atoms with Crippen molar-refractivity contribution in [2.75, 3.05) is 5.75 Å². The van der Waals surface area contributed by atoms with Crippen LogP contribution in [0, 0.1) is 5.41 Å². The molecule has 0 spiro atoms. The van der Waals surface area contributed by atoms with Gasteiger partial charge in [-0.25, -0.2) is 4.79 Å². The number of rotatable bonds is 2. The average Bonchev–Trinajstić information content (AvgIpc) is 2.33. The van der Waals surface area contributed by atoms with Crippen molar-refractivity contribution in [3.05, 3.63) is 33.8 Å². The van der Waals surface area contributed by atoms with Crippen LogP contribution in [0.1, 0.15) is 12.5 Å². The van der Waals surface area contributed by atoms with Crippen LogP contribution in [0.25, 0.3) is 0 Å². The highest BCUT2D eigenvalue weighted by molar-refractivity contribution is 7.80. The maximum atomic E-state index is 11.3. The van der Waals surface area contributed by atoms with E-state index in [0.29, 0.717) is 15.6 Å². The van der Waals surface area contributed by atoms with E-state index in [1.54, 1.807) is 18.2 Å². The van der Waals surface area contributed by atoms with Crippen molar-refractivity contribution in [3.63, 3.8) is 0 Å². The normalized spacial score (nSPS) is 8.55. The summed E-state index contributed by atoms with van der Waals surface area (Å²) in [5.74, 6) is 0.126. The first-order valence-corrected chi connectivity index (χ1v) is 7.20. The molecule has 1 aromatic carbocycles. The van der Waals surface area contributed by atoms with E-state index in [-0.39, 0.29) is 6.42 Å². The molecule has 0 radical (unpaired) electrons. The summed E-state index contributed by atoms with van der Waals surface area (Å²) in [5, 5.41) is 17.1. The zero-order valence-corrected chi connectivity index (χ0v) is 14.2. The summed E-state index contributed by atoms with van der Waals surface area (Å²) >= 11 is 15.5. The van der Waals surface area contributed by atoms with E-state index in [1.807, 2.05) is 6.92 Å². The number of benzene rings is 1. The highest BCUT2D eigenvalue weighted by Crippen LogP contribution is 2.24. The smallest absolute Gasteiger partial charge is 0.402 e. The van der Waals surface area contributed by atoms with E-state index < -0.39 is 18.0 Å². The van der Waals surface area contributed by atoms with Crippen molar-refractivity contribution in [3.8, 4) is 0 Å². The topological polar surface area (TPSA) is 142 Å². The summed E-state index contributed by atoms with van der Waals surface area (Å²) in [6.45, 7) is 1.99. The summed E-state index contributed by atoms with van der Waals surface area (Å²) < 4.78 is 0. The SMILES string of the molecule is CCS.N=C(N)NC(=O)Cc1c(Cl)cccc1Cl.NC(=O)O. The fourth-order valence-electron chi connectivity index (χ4n) is 1.06. The van der Waals surface area contributed by atoms with Crippen LogP contribution >= 0.6 is 35.8 Å². The standard InChI is InChI=1S/C9H9Cl2N3O.C2H6S.CH3NO2/c10-6-2-1-3-7(11)5(6)4-8(15)14-9(12)13;1-2-3;2-1(3)4/h1-3H,4H2,(H4,12,13,14,15);3H,2H2,1H3;2H2,(H,3,4). The molecule has 1 aromatic rings. The van der Waals surface area contributed by atoms with Crippen molar-refractivity contribution >= 4 is 53.8 Å². The molecule has 0 aliphatic heterocycles. The molecule has 0 aliphatic carbocycles. The number of guanidine groups is 1. The van der Waals surface area contributed by atoms with Crippen LogP contribution in [0.4, 0.5) is 4.79 Å². The molecular formula is C12H18Cl2N4O3S. The highest BCUT2D eigenvalue weighted by atomic mass is 35.5. The maximum absolute atomic E-state index is 11.3. The van der Waals surface area contributed by atoms with Gasteiger partial charge in [-0.05, 0) is 23.4 Å². The molecule has 0 atom stereocenters. The number of carbonyl (C=O) groups is 2. The Morgan fingerprint density at radius 2 is 1.68 bits per heavy atom.